The third-order valence-electron chi connectivity index (χ3n) is 4.14. The van der Waals surface area contributed by atoms with Gasteiger partial charge in [0.25, 0.3) is 0 Å². The molecule has 0 spiro atoms. The van der Waals surface area contributed by atoms with Crippen LogP contribution in [0.4, 0.5) is 0 Å². The second-order valence-electron chi connectivity index (χ2n) is 6.48. The molecular formula is C19H38IN5O2. The Hall–Kier alpha value is -0.870. The number of guanidine groups is 1. The van der Waals surface area contributed by atoms with Gasteiger partial charge in [-0.05, 0) is 40.8 Å². The molecule has 1 aromatic rings. The summed E-state index contributed by atoms with van der Waals surface area (Å²) in [5.41, 5.74) is 2.11. The summed E-state index contributed by atoms with van der Waals surface area (Å²) in [6, 6.07) is 0. The van der Waals surface area contributed by atoms with Gasteiger partial charge in [-0.2, -0.15) is 0 Å². The fourth-order valence-corrected chi connectivity index (χ4v) is 2.71. The van der Waals surface area contributed by atoms with Crippen molar-refractivity contribution in [1.29, 1.82) is 0 Å². The molecule has 0 aliphatic carbocycles. The van der Waals surface area contributed by atoms with E-state index in [1.54, 1.807) is 0 Å². The molecule has 0 amide bonds. The molecule has 1 rings (SSSR count). The largest absolute Gasteiger partial charge is 0.377 e. The summed E-state index contributed by atoms with van der Waals surface area (Å²) in [6.45, 7) is 12.1. The first-order valence-electron chi connectivity index (χ1n) is 9.80. The molecule has 0 bridgehead atoms. The fraction of sp³-hybridized carbons (Fsp3) is 0.789. The van der Waals surface area contributed by atoms with Crippen LogP contribution in [0.2, 0.25) is 0 Å². The van der Waals surface area contributed by atoms with Gasteiger partial charge in [0.2, 0.25) is 0 Å². The van der Waals surface area contributed by atoms with Gasteiger partial charge in [0.05, 0.1) is 18.3 Å². The zero-order valence-corrected chi connectivity index (χ0v) is 20.1. The average Bonchev–Trinajstić information content (AvgIpc) is 3.03. The van der Waals surface area contributed by atoms with Crippen molar-refractivity contribution in [3.8, 4) is 0 Å². The number of hydrogen-bond acceptors (Lipinski definition) is 5. The van der Waals surface area contributed by atoms with Crippen LogP contribution >= 0.6 is 24.0 Å². The van der Waals surface area contributed by atoms with Gasteiger partial charge in [-0.3, -0.25) is 0 Å². The second-order valence-corrected chi connectivity index (χ2v) is 6.48. The first-order valence-corrected chi connectivity index (χ1v) is 9.80. The fourth-order valence-electron chi connectivity index (χ4n) is 2.71. The number of halogens is 1. The highest BCUT2D eigenvalue weighted by Crippen LogP contribution is 2.16. The lowest BCUT2D eigenvalue weighted by Crippen LogP contribution is -2.42. The molecule has 0 saturated heterocycles. The summed E-state index contributed by atoms with van der Waals surface area (Å²) in [6.07, 6.45) is 2.84. The highest BCUT2D eigenvalue weighted by Gasteiger charge is 2.14. The van der Waals surface area contributed by atoms with E-state index < -0.39 is 0 Å². The molecule has 8 heteroatoms. The van der Waals surface area contributed by atoms with E-state index in [9.17, 15) is 0 Å². The maximum Gasteiger partial charge on any atom is 0.191 e. The van der Waals surface area contributed by atoms with Gasteiger partial charge in [-0.25, -0.2) is 4.99 Å². The normalized spacial score (nSPS) is 12.8. The van der Waals surface area contributed by atoms with Crippen LogP contribution in [0.5, 0.6) is 0 Å². The number of ether oxygens (including phenoxy) is 1. The van der Waals surface area contributed by atoms with Crippen LogP contribution in [0, 0.1) is 0 Å². The first kappa shape index (κ1) is 26.1. The van der Waals surface area contributed by atoms with E-state index in [2.05, 4.69) is 55.6 Å². The van der Waals surface area contributed by atoms with Crippen molar-refractivity contribution in [2.45, 2.75) is 59.6 Å². The van der Waals surface area contributed by atoms with E-state index in [1.165, 1.54) is 0 Å². The van der Waals surface area contributed by atoms with Gasteiger partial charge in [0.15, 0.2) is 5.96 Å². The number of rotatable bonds is 12. The van der Waals surface area contributed by atoms with Gasteiger partial charge < -0.3 is 24.8 Å². The lowest BCUT2D eigenvalue weighted by molar-refractivity contribution is 0.0548. The van der Waals surface area contributed by atoms with Gasteiger partial charge in [-0.15, -0.1) is 24.0 Å². The van der Waals surface area contributed by atoms with Gasteiger partial charge in [-0.1, -0.05) is 19.0 Å². The lowest BCUT2D eigenvalue weighted by Gasteiger charge is -2.21. The van der Waals surface area contributed by atoms with Gasteiger partial charge in [0.1, 0.15) is 5.76 Å². The summed E-state index contributed by atoms with van der Waals surface area (Å²) in [4.78, 5) is 6.91. The number of nitrogens with one attached hydrogen (secondary N) is 2. The Balaban J connectivity index is 0.00000676. The van der Waals surface area contributed by atoms with Crippen molar-refractivity contribution in [2.75, 3.05) is 40.3 Å². The molecule has 0 aliphatic heterocycles. The maximum atomic E-state index is 5.85. The molecule has 1 atom stereocenters. The Morgan fingerprint density at radius 1 is 1.19 bits per heavy atom. The smallest absolute Gasteiger partial charge is 0.191 e. The third-order valence-corrected chi connectivity index (χ3v) is 4.14. The number of nitrogens with zero attached hydrogens (tertiary/aromatic N) is 3. The molecule has 1 heterocycles. The first-order chi connectivity index (χ1) is 12.5. The Labute approximate surface area is 181 Å². The van der Waals surface area contributed by atoms with Crippen LogP contribution in [0.1, 0.15) is 51.1 Å². The molecule has 27 heavy (non-hydrogen) atoms. The Kier molecular flexibility index (Phi) is 14.6. The molecule has 1 unspecified atom stereocenters. The predicted molar refractivity (Wildman–Crippen MR) is 122 cm³/mol. The number of aromatic nitrogens is 1. The van der Waals surface area contributed by atoms with Crippen LogP contribution in [0.25, 0.3) is 0 Å². The Bertz CT molecular complexity index is 513. The summed E-state index contributed by atoms with van der Waals surface area (Å²) in [5, 5.41) is 10.9. The molecule has 0 saturated carbocycles. The van der Waals surface area contributed by atoms with E-state index in [0.29, 0.717) is 13.2 Å². The van der Waals surface area contributed by atoms with E-state index in [4.69, 9.17) is 14.3 Å². The van der Waals surface area contributed by atoms with Crippen molar-refractivity contribution in [3.05, 3.63) is 17.0 Å². The Morgan fingerprint density at radius 2 is 1.93 bits per heavy atom. The predicted octanol–water partition coefficient (Wildman–Crippen LogP) is 2.83. The highest BCUT2D eigenvalue weighted by atomic mass is 127. The molecule has 7 nitrogen and oxygen atoms in total. The molecule has 158 valence electrons. The zero-order chi connectivity index (χ0) is 19.4. The summed E-state index contributed by atoms with van der Waals surface area (Å²) in [7, 11) is 4.16. The minimum absolute atomic E-state index is 0. The second kappa shape index (κ2) is 15.1. The summed E-state index contributed by atoms with van der Waals surface area (Å²) < 4.78 is 11.3. The minimum atomic E-state index is 0. The van der Waals surface area contributed by atoms with Crippen LogP contribution in [0.3, 0.4) is 0 Å². The average molecular weight is 495 g/mol. The molecule has 0 radical (unpaired) electrons. The maximum absolute atomic E-state index is 5.85. The van der Waals surface area contributed by atoms with Crippen molar-refractivity contribution in [3.63, 3.8) is 0 Å². The molecule has 0 fully saturated rings. The number of hydrogen-bond donors (Lipinski definition) is 2. The van der Waals surface area contributed by atoms with Gasteiger partial charge in [0, 0.05) is 38.2 Å². The molecule has 0 aromatic carbocycles. The molecule has 2 N–H and O–H groups in total. The van der Waals surface area contributed by atoms with Gasteiger partial charge >= 0.3 is 0 Å². The standard InChI is InChI=1S/C19H37N5O2.HI/c1-7-17-16(18(8-2)26-23-17)14-22-19(20-9-3)21-13-15(25-10-4)11-12-24(5)6;/h15H,7-14H2,1-6H3,(H2,20,21,22);1H. The Morgan fingerprint density at radius 3 is 2.48 bits per heavy atom. The van der Waals surface area contributed by atoms with Crippen molar-refractivity contribution in [1.82, 2.24) is 20.7 Å². The number of aliphatic imine (C=N–C) groups is 1. The third kappa shape index (κ3) is 9.75. The van der Waals surface area contributed by atoms with Crippen LogP contribution < -0.4 is 10.6 Å². The van der Waals surface area contributed by atoms with Crippen LogP contribution in [0.15, 0.2) is 9.52 Å². The van der Waals surface area contributed by atoms with E-state index >= 15 is 0 Å². The summed E-state index contributed by atoms with van der Waals surface area (Å²) in [5.74, 6) is 1.73. The van der Waals surface area contributed by atoms with E-state index in [1.807, 2.05) is 6.92 Å². The minimum Gasteiger partial charge on any atom is -0.377 e. The van der Waals surface area contributed by atoms with Crippen molar-refractivity contribution < 1.29 is 9.26 Å². The highest BCUT2D eigenvalue weighted by molar-refractivity contribution is 14.0. The summed E-state index contributed by atoms with van der Waals surface area (Å²) >= 11 is 0. The lowest BCUT2D eigenvalue weighted by atomic mass is 10.1. The molecule has 0 aliphatic rings. The topological polar surface area (TPSA) is 74.9 Å². The van der Waals surface area contributed by atoms with Crippen LogP contribution in [-0.4, -0.2) is 62.5 Å². The SMILES string of the molecule is CCNC(=NCc1c(CC)noc1CC)NCC(CCN(C)C)OCC.I. The molecule has 1 aromatic heterocycles. The monoisotopic (exact) mass is 495 g/mol. The number of aryl methyl sites for hydroxylation is 2. The zero-order valence-electron chi connectivity index (χ0n) is 17.8. The van der Waals surface area contributed by atoms with Crippen molar-refractivity contribution in [2.24, 2.45) is 4.99 Å². The van der Waals surface area contributed by atoms with Crippen molar-refractivity contribution >= 4 is 29.9 Å². The van der Waals surface area contributed by atoms with E-state index in [0.717, 1.165) is 61.9 Å². The quantitative estimate of drug-likeness (QED) is 0.264. The molecular weight excluding hydrogens is 457 g/mol. The van der Waals surface area contributed by atoms with Crippen LogP contribution in [-0.2, 0) is 24.1 Å². The van der Waals surface area contributed by atoms with E-state index in [-0.39, 0.29) is 30.1 Å².